The van der Waals surface area contributed by atoms with Crippen molar-refractivity contribution in [2.75, 3.05) is 58.4 Å². The second-order valence-corrected chi connectivity index (χ2v) is 8.45. The number of carbonyl (C=O) groups is 3. The number of anilines is 1. The SMILES string of the molecule is CN(CC(=O)NCCOCCOCCN)C(=O)Oc1ccc(Cl)cc1C(=O)Nc1ccc([N+](=O)[O-])cc1Cl. The number of nitrogens with one attached hydrogen (secondary N) is 2. The molecule has 0 unspecified atom stereocenters. The molecule has 0 aliphatic heterocycles. The molecule has 0 atom stereocenters. The van der Waals surface area contributed by atoms with Crippen molar-refractivity contribution < 1.29 is 33.5 Å². The van der Waals surface area contributed by atoms with Crippen molar-refractivity contribution in [1.82, 2.24) is 10.2 Å². The fourth-order valence-electron chi connectivity index (χ4n) is 2.85. The van der Waals surface area contributed by atoms with E-state index in [1.54, 1.807) is 0 Å². The molecule has 0 bridgehead atoms. The average Bonchev–Trinajstić information content (AvgIpc) is 2.87. The van der Waals surface area contributed by atoms with Gasteiger partial charge in [0.15, 0.2) is 0 Å². The standard InChI is InChI=1S/C23H27Cl2N5O8/c1-29(14-21(31)27-7-9-37-11-10-36-8-6-26)23(33)38-20-5-2-15(24)12-17(20)22(32)28-19-4-3-16(30(34)35)13-18(19)25/h2-5,12-13H,6-11,14,26H2,1H3,(H,27,31)(H,28,32). The number of amides is 3. The summed E-state index contributed by atoms with van der Waals surface area (Å²) in [5, 5.41) is 16.1. The van der Waals surface area contributed by atoms with Gasteiger partial charge in [0.1, 0.15) is 12.3 Å². The first-order valence-electron chi connectivity index (χ1n) is 11.2. The van der Waals surface area contributed by atoms with E-state index in [0.29, 0.717) is 26.4 Å². The molecule has 0 radical (unpaired) electrons. The molecule has 2 aromatic carbocycles. The van der Waals surface area contributed by atoms with Crippen LogP contribution in [0.1, 0.15) is 10.4 Å². The summed E-state index contributed by atoms with van der Waals surface area (Å²) in [7, 11) is 1.35. The van der Waals surface area contributed by atoms with Crippen LogP contribution in [0.15, 0.2) is 36.4 Å². The molecule has 0 aliphatic rings. The van der Waals surface area contributed by atoms with E-state index in [9.17, 15) is 24.5 Å². The summed E-state index contributed by atoms with van der Waals surface area (Å²) in [4.78, 5) is 48.8. The Morgan fingerprint density at radius 1 is 1.05 bits per heavy atom. The predicted octanol–water partition coefficient (Wildman–Crippen LogP) is 2.69. The van der Waals surface area contributed by atoms with E-state index >= 15 is 0 Å². The molecule has 4 N–H and O–H groups in total. The van der Waals surface area contributed by atoms with E-state index in [4.69, 9.17) is 43.1 Å². The quantitative estimate of drug-likeness (QED) is 0.175. The summed E-state index contributed by atoms with van der Waals surface area (Å²) in [5.41, 5.74) is 5.04. The molecule has 13 nitrogen and oxygen atoms in total. The number of nitrogens with two attached hydrogens (primary N) is 1. The van der Waals surface area contributed by atoms with E-state index < -0.39 is 22.8 Å². The third-order valence-corrected chi connectivity index (χ3v) is 5.24. The lowest BCUT2D eigenvalue weighted by Gasteiger charge is -2.18. The molecule has 3 amide bonds. The highest BCUT2D eigenvalue weighted by Crippen LogP contribution is 2.29. The molecule has 38 heavy (non-hydrogen) atoms. The fourth-order valence-corrected chi connectivity index (χ4v) is 3.25. The molecule has 0 heterocycles. The molecule has 0 aromatic heterocycles. The highest BCUT2D eigenvalue weighted by molar-refractivity contribution is 6.34. The minimum atomic E-state index is -0.904. The van der Waals surface area contributed by atoms with Gasteiger partial charge in [-0.05, 0) is 24.3 Å². The number of halogens is 2. The van der Waals surface area contributed by atoms with Crippen LogP contribution in [0.25, 0.3) is 0 Å². The maximum atomic E-state index is 12.9. The van der Waals surface area contributed by atoms with E-state index in [0.717, 1.165) is 11.0 Å². The van der Waals surface area contributed by atoms with Gasteiger partial charge < -0.3 is 35.5 Å². The van der Waals surface area contributed by atoms with E-state index in [-0.39, 0.29) is 52.4 Å². The number of non-ortho nitro benzene ring substituents is 1. The van der Waals surface area contributed by atoms with Gasteiger partial charge in [0.2, 0.25) is 5.91 Å². The van der Waals surface area contributed by atoms with Crippen LogP contribution in [0.2, 0.25) is 10.0 Å². The van der Waals surface area contributed by atoms with Crippen molar-refractivity contribution in [2.45, 2.75) is 0 Å². The van der Waals surface area contributed by atoms with Crippen LogP contribution in [-0.4, -0.2) is 80.8 Å². The Bertz CT molecular complexity index is 1150. The lowest BCUT2D eigenvalue weighted by atomic mass is 10.1. The van der Waals surface area contributed by atoms with Crippen molar-refractivity contribution in [2.24, 2.45) is 5.73 Å². The van der Waals surface area contributed by atoms with Crippen LogP contribution < -0.4 is 21.1 Å². The van der Waals surface area contributed by atoms with Crippen LogP contribution in [-0.2, 0) is 14.3 Å². The first-order valence-corrected chi connectivity index (χ1v) is 12.0. The highest BCUT2D eigenvalue weighted by Gasteiger charge is 2.21. The number of nitro benzene ring substituents is 1. The zero-order valence-corrected chi connectivity index (χ0v) is 21.9. The molecule has 0 aliphatic carbocycles. The second kappa shape index (κ2) is 15.7. The number of likely N-dealkylation sites (N-methyl/N-ethyl adjacent to an activating group) is 1. The number of benzene rings is 2. The van der Waals surface area contributed by atoms with E-state index in [1.165, 1.54) is 37.4 Å². The normalized spacial score (nSPS) is 10.5. The Morgan fingerprint density at radius 2 is 1.76 bits per heavy atom. The van der Waals surface area contributed by atoms with Gasteiger partial charge in [-0.1, -0.05) is 23.2 Å². The topological polar surface area (TPSA) is 175 Å². The van der Waals surface area contributed by atoms with Gasteiger partial charge in [-0.2, -0.15) is 0 Å². The van der Waals surface area contributed by atoms with E-state index in [1.807, 2.05) is 0 Å². The van der Waals surface area contributed by atoms with Crippen LogP contribution in [0.4, 0.5) is 16.2 Å². The van der Waals surface area contributed by atoms with Crippen LogP contribution in [0.3, 0.4) is 0 Å². The Hall–Kier alpha value is -3.49. The first kappa shape index (κ1) is 30.7. The molecule has 2 aromatic rings. The smallest absolute Gasteiger partial charge is 0.409 e. The summed E-state index contributed by atoms with van der Waals surface area (Å²) in [6.07, 6.45) is -0.904. The van der Waals surface area contributed by atoms with Crippen LogP contribution in [0.5, 0.6) is 5.75 Å². The van der Waals surface area contributed by atoms with Crippen molar-refractivity contribution in [3.8, 4) is 5.75 Å². The molecular formula is C23H27Cl2N5O8. The van der Waals surface area contributed by atoms with Crippen molar-refractivity contribution in [3.63, 3.8) is 0 Å². The summed E-state index contributed by atoms with van der Waals surface area (Å²) < 4.78 is 15.8. The molecule has 0 fully saturated rings. The molecule has 15 heteroatoms. The van der Waals surface area contributed by atoms with Gasteiger partial charge in [-0.15, -0.1) is 0 Å². The number of nitro groups is 1. The summed E-state index contributed by atoms with van der Waals surface area (Å²) >= 11 is 12.1. The van der Waals surface area contributed by atoms with Gasteiger partial charge >= 0.3 is 6.09 Å². The van der Waals surface area contributed by atoms with Crippen LogP contribution >= 0.6 is 23.2 Å². The molecule has 0 saturated carbocycles. The van der Waals surface area contributed by atoms with Gasteiger partial charge in [-0.3, -0.25) is 19.7 Å². The number of rotatable bonds is 14. The van der Waals surface area contributed by atoms with Crippen molar-refractivity contribution in [1.29, 1.82) is 0 Å². The monoisotopic (exact) mass is 571 g/mol. The minimum Gasteiger partial charge on any atom is -0.409 e. The molecular weight excluding hydrogens is 545 g/mol. The summed E-state index contributed by atoms with van der Waals surface area (Å²) in [6, 6.07) is 7.52. The molecule has 2 rings (SSSR count). The Kier molecular flexibility index (Phi) is 12.7. The van der Waals surface area contributed by atoms with Gasteiger partial charge in [0.25, 0.3) is 11.6 Å². The summed E-state index contributed by atoms with van der Waals surface area (Å²) in [6.45, 7) is 1.79. The molecule has 206 valence electrons. The Balaban J connectivity index is 1.92. The molecule has 0 saturated heterocycles. The third kappa shape index (κ3) is 10.1. The maximum Gasteiger partial charge on any atom is 0.415 e. The zero-order chi connectivity index (χ0) is 28.1. The van der Waals surface area contributed by atoms with Crippen molar-refractivity contribution in [3.05, 3.63) is 62.1 Å². The lowest BCUT2D eigenvalue weighted by Crippen LogP contribution is -2.40. The zero-order valence-electron chi connectivity index (χ0n) is 20.4. The number of nitrogens with zero attached hydrogens (tertiary/aromatic N) is 2. The Morgan fingerprint density at radius 3 is 2.42 bits per heavy atom. The largest absolute Gasteiger partial charge is 0.415 e. The number of carbonyl (C=O) groups excluding carboxylic acids is 3. The lowest BCUT2D eigenvalue weighted by molar-refractivity contribution is -0.384. The highest BCUT2D eigenvalue weighted by atomic mass is 35.5. The number of hydrogen-bond acceptors (Lipinski definition) is 9. The number of hydrogen-bond donors (Lipinski definition) is 3. The minimum absolute atomic E-state index is 0.0656. The van der Waals surface area contributed by atoms with Gasteiger partial charge in [-0.25, -0.2) is 4.79 Å². The second-order valence-electron chi connectivity index (χ2n) is 7.60. The van der Waals surface area contributed by atoms with E-state index in [2.05, 4.69) is 10.6 Å². The first-order chi connectivity index (χ1) is 18.1. The van der Waals surface area contributed by atoms with Gasteiger partial charge in [0.05, 0.1) is 47.6 Å². The average molecular weight is 572 g/mol. The predicted molar refractivity (Wildman–Crippen MR) is 140 cm³/mol. The molecule has 0 spiro atoms. The maximum absolute atomic E-state index is 12.9. The summed E-state index contributed by atoms with van der Waals surface area (Å²) in [5.74, 6) is -1.32. The fraction of sp³-hybridized carbons (Fsp3) is 0.348. The third-order valence-electron chi connectivity index (χ3n) is 4.69. The van der Waals surface area contributed by atoms with Crippen molar-refractivity contribution >= 4 is 52.5 Å². The number of ether oxygens (including phenoxy) is 3. The van der Waals surface area contributed by atoms with Crippen LogP contribution in [0, 0.1) is 10.1 Å². The Labute approximate surface area is 228 Å². The van der Waals surface area contributed by atoms with Gasteiger partial charge in [0, 0.05) is 37.3 Å².